The molecule has 0 unspecified atom stereocenters. The molecule has 1 nitrogen and oxygen atoms in total. The Balaban J connectivity index is 2.87. The van der Waals surface area contributed by atoms with Gasteiger partial charge in [0.25, 0.3) is 0 Å². The van der Waals surface area contributed by atoms with E-state index in [1.54, 1.807) is 0 Å². The number of aromatic nitrogens is 1. The molecule has 0 saturated heterocycles. The zero-order valence-corrected chi connectivity index (χ0v) is 6.30. The van der Waals surface area contributed by atoms with Gasteiger partial charge in [-0.05, 0) is 37.5 Å². The van der Waals surface area contributed by atoms with E-state index >= 15 is 0 Å². The van der Waals surface area contributed by atoms with Crippen LogP contribution in [0.2, 0.25) is 0 Å². The SMILES string of the molecule is [CH2]Cc1cc(CC)ccn1. The van der Waals surface area contributed by atoms with Crippen molar-refractivity contribution >= 4 is 0 Å². The summed E-state index contributed by atoms with van der Waals surface area (Å²) >= 11 is 0. The summed E-state index contributed by atoms with van der Waals surface area (Å²) < 4.78 is 0. The van der Waals surface area contributed by atoms with Crippen LogP contribution in [-0.2, 0) is 12.8 Å². The Morgan fingerprint density at radius 2 is 2.40 bits per heavy atom. The van der Waals surface area contributed by atoms with Crippen LogP contribution < -0.4 is 0 Å². The molecule has 10 heavy (non-hydrogen) atoms. The molecule has 0 amide bonds. The Morgan fingerprint density at radius 3 is 3.00 bits per heavy atom. The Morgan fingerprint density at radius 1 is 1.60 bits per heavy atom. The third-order valence-corrected chi connectivity index (χ3v) is 1.55. The molecule has 1 aromatic heterocycles. The average molecular weight is 134 g/mol. The number of hydrogen-bond acceptors (Lipinski definition) is 1. The molecule has 53 valence electrons. The number of hydrogen-bond donors (Lipinski definition) is 0. The second-order valence-corrected chi connectivity index (χ2v) is 2.26. The fourth-order valence-electron chi connectivity index (χ4n) is 0.885. The van der Waals surface area contributed by atoms with E-state index in [1.807, 2.05) is 12.3 Å². The van der Waals surface area contributed by atoms with Crippen molar-refractivity contribution in [1.29, 1.82) is 0 Å². The minimum Gasteiger partial charge on any atom is -0.261 e. The number of aryl methyl sites for hydroxylation is 1. The molecule has 1 rings (SSSR count). The summed E-state index contributed by atoms with van der Waals surface area (Å²) in [4.78, 5) is 4.14. The normalized spacial score (nSPS) is 9.80. The van der Waals surface area contributed by atoms with Gasteiger partial charge in [0.05, 0.1) is 0 Å². The summed E-state index contributed by atoms with van der Waals surface area (Å²) in [5, 5.41) is 0. The monoisotopic (exact) mass is 134 g/mol. The van der Waals surface area contributed by atoms with Gasteiger partial charge in [-0.3, -0.25) is 4.98 Å². The zero-order valence-electron chi connectivity index (χ0n) is 6.30. The van der Waals surface area contributed by atoms with Crippen LogP contribution in [0, 0.1) is 6.92 Å². The van der Waals surface area contributed by atoms with Gasteiger partial charge in [-0.1, -0.05) is 6.92 Å². The topological polar surface area (TPSA) is 12.9 Å². The molecule has 1 radical (unpaired) electrons. The molecule has 0 aromatic carbocycles. The summed E-state index contributed by atoms with van der Waals surface area (Å²) in [5.74, 6) is 0. The third-order valence-electron chi connectivity index (χ3n) is 1.55. The highest BCUT2D eigenvalue weighted by molar-refractivity contribution is 5.16. The average Bonchev–Trinajstić information content (AvgIpc) is 2.05. The van der Waals surface area contributed by atoms with Crippen LogP contribution in [0.4, 0.5) is 0 Å². The standard InChI is InChI=1S/C9H12N/c1-3-8-5-6-10-9(4-2)7-8/h5-7H,2-4H2,1H3. The van der Waals surface area contributed by atoms with Crippen LogP contribution in [0.15, 0.2) is 18.3 Å². The molecule has 0 aliphatic carbocycles. The Kier molecular flexibility index (Phi) is 2.43. The highest BCUT2D eigenvalue weighted by Crippen LogP contribution is 2.01. The van der Waals surface area contributed by atoms with Gasteiger partial charge in [-0.15, -0.1) is 0 Å². The van der Waals surface area contributed by atoms with Crippen molar-refractivity contribution in [2.24, 2.45) is 0 Å². The molecular formula is C9H12N. The zero-order chi connectivity index (χ0) is 7.40. The van der Waals surface area contributed by atoms with E-state index in [4.69, 9.17) is 0 Å². The Hall–Kier alpha value is -0.850. The first-order valence-electron chi connectivity index (χ1n) is 3.60. The highest BCUT2D eigenvalue weighted by atomic mass is 14.7. The van der Waals surface area contributed by atoms with Crippen molar-refractivity contribution in [2.75, 3.05) is 0 Å². The van der Waals surface area contributed by atoms with Gasteiger partial charge < -0.3 is 0 Å². The number of nitrogens with zero attached hydrogens (tertiary/aromatic N) is 1. The molecular weight excluding hydrogens is 122 g/mol. The number of rotatable bonds is 2. The quantitative estimate of drug-likeness (QED) is 0.603. The summed E-state index contributed by atoms with van der Waals surface area (Å²) in [6.45, 7) is 5.91. The van der Waals surface area contributed by atoms with E-state index in [-0.39, 0.29) is 0 Å². The molecule has 1 aromatic rings. The molecule has 0 aliphatic heterocycles. The second-order valence-electron chi connectivity index (χ2n) is 2.26. The maximum atomic E-state index is 4.14. The van der Waals surface area contributed by atoms with Gasteiger partial charge in [0.1, 0.15) is 0 Å². The van der Waals surface area contributed by atoms with Crippen molar-refractivity contribution in [3.05, 3.63) is 36.5 Å². The fourth-order valence-corrected chi connectivity index (χ4v) is 0.885. The molecule has 0 fully saturated rings. The van der Waals surface area contributed by atoms with Gasteiger partial charge in [0.15, 0.2) is 0 Å². The maximum Gasteiger partial charge on any atom is 0.0406 e. The molecule has 0 atom stereocenters. The molecule has 1 heterocycles. The Labute approximate surface area is 62.1 Å². The first-order valence-corrected chi connectivity index (χ1v) is 3.60. The van der Waals surface area contributed by atoms with E-state index in [9.17, 15) is 0 Å². The van der Waals surface area contributed by atoms with E-state index < -0.39 is 0 Å². The van der Waals surface area contributed by atoms with Crippen molar-refractivity contribution in [1.82, 2.24) is 4.98 Å². The molecule has 0 saturated carbocycles. The lowest BCUT2D eigenvalue weighted by atomic mass is 10.1. The van der Waals surface area contributed by atoms with Crippen LogP contribution >= 0.6 is 0 Å². The van der Waals surface area contributed by atoms with Gasteiger partial charge in [0.2, 0.25) is 0 Å². The molecule has 0 spiro atoms. The van der Waals surface area contributed by atoms with Crippen molar-refractivity contribution in [3.63, 3.8) is 0 Å². The predicted molar refractivity (Wildman–Crippen MR) is 42.7 cm³/mol. The highest BCUT2D eigenvalue weighted by Gasteiger charge is 1.90. The van der Waals surface area contributed by atoms with E-state index in [0.717, 1.165) is 18.5 Å². The lowest BCUT2D eigenvalue weighted by molar-refractivity contribution is 1.05. The van der Waals surface area contributed by atoms with Crippen LogP contribution in [-0.4, -0.2) is 4.98 Å². The second kappa shape index (κ2) is 3.35. The molecule has 1 heteroatoms. The maximum absolute atomic E-state index is 4.14. The van der Waals surface area contributed by atoms with Crippen molar-refractivity contribution < 1.29 is 0 Å². The molecule has 0 N–H and O–H groups in total. The van der Waals surface area contributed by atoms with Gasteiger partial charge >= 0.3 is 0 Å². The van der Waals surface area contributed by atoms with Crippen molar-refractivity contribution in [2.45, 2.75) is 19.8 Å². The predicted octanol–water partition coefficient (Wildman–Crippen LogP) is 2.02. The Bertz CT molecular complexity index is 186. The summed E-state index contributed by atoms with van der Waals surface area (Å²) in [6.07, 6.45) is 3.71. The minimum absolute atomic E-state index is 0.786. The molecule has 0 bridgehead atoms. The van der Waals surface area contributed by atoms with Gasteiger partial charge in [-0.2, -0.15) is 0 Å². The summed E-state index contributed by atoms with van der Waals surface area (Å²) in [7, 11) is 0. The van der Waals surface area contributed by atoms with Gasteiger partial charge in [0, 0.05) is 11.9 Å². The summed E-state index contributed by atoms with van der Waals surface area (Å²) in [5.41, 5.74) is 2.42. The van der Waals surface area contributed by atoms with Crippen LogP contribution in [0.5, 0.6) is 0 Å². The van der Waals surface area contributed by atoms with Crippen molar-refractivity contribution in [3.8, 4) is 0 Å². The third kappa shape index (κ3) is 1.56. The minimum atomic E-state index is 0.786. The summed E-state index contributed by atoms with van der Waals surface area (Å²) in [6, 6.07) is 4.14. The smallest absolute Gasteiger partial charge is 0.0406 e. The lowest BCUT2D eigenvalue weighted by Gasteiger charge is -1.97. The van der Waals surface area contributed by atoms with E-state index in [0.29, 0.717) is 0 Å². The lowest BCUT2D eigenvalue weighted by Crippen LogP contribution is -1.88. The van der Waals surface area contributed by atoms with Crippen LogP contribution in [0.1, 0.15) is 18.2 Å². The van der Waals surface area contributed by atoms with Crippen LogP contribution in [0.3, 0.4) is 0 Å². The fraction of sp³-hybridized carbons (Fsp3) is 0.333. The van der Waals surface area contributed by atoms with Gasteiger partial charge in [-0.25, -0.2) is 0 Å². The first kappa shape index (κ1) is 7.26. The van der Waals surface area contributed by atoms with E-state index in [2.05, 4.69) is 24.9 Å². The van der Waals surface area contributed by atoms with Crippen LogP contribution in [0.25, 0.3) is 0 Å². The first-order chi connectivity index (χ1) is 4.86. The van der Waals surface area contributed by atoms with E-state index in [1.165, 1.54) is 5.56 Å². The molecule has 0 aliphatic rings. The largest absolute Gasteiger partial charge is 0.261 e. The number of pyridine rings is 1.